The molecule has 204 valence electrons. The molecule has 2 heterocycles. The first-order valence-corrected chi connectivity index (χ1v) is 12.2. The number of carbonyl (C=O) groups excluding carboxylic acids is 2. The van der Waals surface area contributed by atoms with E-state index in [0.29, 0.717) is 49.1 Å². The second kappa shape index (κ2) is 12.2. The Bertz CT molecular complexity index is 1360. The molecule has 3 N–H and O–H groups in total. The summed E-state index contributed by atoms with van der Waals surface area (Å²) in [5.41, 5.74) is 2.96. The zero-order chi connectivity index (χ0) is 27.9. The van der Waals surface area contributed by atoms with E-state index in [9.17, 15) is 18.4 Å². The van der Waals surface area contributed by atoms with E-state index in [1.54, 1.807) is 41.4 Å². The van der Waals surface area contributed by atoms with Gasteiger partial charge < -0.3 is 30.5 Å². The zero-order valence-corrected chi connectivity index (χ0v) is 21.6. The molecule has 0 aliphatic carbocycles. The molecule has 2 aromatic carbocycles. The largest absolute Gasteiger partial charge is 0.433 e. The summed E-state index contributed by atoms with van der Waals surface area (Å²) in [6.07, 6.45) is 2.78. The molecular formula is C27H29F2N7O3. The van der Waals surface area contributed by atoms with Crippen molar-refractivity contribution in [2.75, 3.05) is 47.0 Å². The third-order valence-corrected chi connectivity index (χ3v) is 6.07. The third-order valence-electron chi connectivity index (χ3n) is 6.07. The number of piperazine rings is 1. The number of amides is 2. The molecule has 4 rings (SSSR count). The van der Waals surface area contributed by atoms with Crippen molar-refractivity contribution >= 4 is 46.3 Å². The van der Waals surface area contributed by atoms with Crippen LogP contribution in [-0.4, -0.2) is 59.5 Å². The molecule has 0 spiro atoms. The van der Waals surface area contributed by atoms with E-state index in [1.165, 1.54) is 19.1 Å². The number of nitrogens with one attached hydrogen (secondary N) is 3. The SMILES string of the molecule is C=CC(=O)Nc1cccc(Nc2nc(Nc3ccc(N4CCN(C(C)=O)CC4)cc3OC(F)F)ncc2C)c1. The number of aryl methyl sites for hydroxylation is 1. The maximum atomic E-state index is 13.3. The lowest BCUT2D eigenvalue weighted by Crippen LogP contribution is -2.48. The number of nitrogens with zero attached hydrogens (tertiary/aromatic N) is 4. The van der Waals surface area contributed by atoms with Gasteiger partial charge in [0.2, 0.25) is 17.8 Å². The predicted molar refractivity (Wildman–Crippen MR) is 146 cm³/mol. The van der Waals surface area contributed by atoms with E-state index in [0.717, 1.165) is 5.56 Å². The summed E-state index contributed by atoms with van der Waals surface area (Å²) >= 11 is 0. The first-order chi connectivity index (χ1) is 18.7. The first kappa shape index (κ1) is 27.3. The Labute approximate surface area is 224 Å². The smallest absolute Gasteiger partial charge is 0.387 e. The molecule has 1 aromatic heterocycles. The molecule has 0 radical (unpaired) electrons. The van der Waals surface area contributed by atoms with E-state index in [2.05, 4.69) is 32.5 Å². The van der Waals surface area contributed by atoms with Crippen molar-refractivity contribution in [2.24, 2.45) is 0 Å². The lowest BCUT2D eigenvalue weighted by molar-refractivity contribution is -0.129. The summed E-state index contributed by atoms with van der Waals surface area (Å²) in [6, 6.07) is 12.0. The van der Waals surface area contributed by atoms with Crippen LogP contribution in [0.25, 0.3) is 0 Å². The molecular weight excluding hydrogens is 508 g/mol. The van der Waals surface area contributed by atoms with Gasteiger partial charge in [-0.2, -0.15) is 13.8 Å². The quantitative estimate of drug-likeness (QED) is 0.338. The number of carbonyl (C=O) groups is 2. The Morgan fingerprint density at radius 1 is 1.08 bits per heavy atom. The Balaban J connectivity index is 1.53. The van der Waals surface area contributed by atoms with Gasteiger partial charge in [-0.3, -0.25) is 9.59 Å². The van der Waals surface area contributed by atoms with Crippen molar-refractivity contribution in [3.05, 3.63) is 66.9 Å². The number of benzene rings is 2. The van der Waals surface area contributed by atoms with E-state index < -0.39 is 6.61 Å². The number of hydrogen-bond acceptors (Lipinski definition) is 8. The molecule has 0 bridgehead atoms. The average Bonchev–Trinajstić information content (AvgIpc) is 2.91. The van der Waals surface area contributed by atoms with Gasteiger partial charge in [-0.15, -0.1) is 0 Å². The molecule has 39 heavy (non-hydrogen) atoms. The number of rotatable bonds is 9. The standard InChI is InChI=1S/C27H29F2N7O3/c1-4-24(38)31-19-6-5-7-20(14-19)32-25-17(2)16-30-27(34-25)33-22-9-8-21(15-23(22)39-26(28)29)36-12-10-35(11-13-36)18(3)37/h4-9,14-16,26H,1,10-13H2,2-3H3,(H,31,38)(H2,30,32,33,34). The van der Waals surface area contributed by atoms with Crippen LogP contribution in [0.3, 0.4) is 0 Å². The van der Waals surface area contributed by atoms with Gasteiger partial charge in [0.05, 0.1) is 5.69 Å². The van der Waals surface area contributed by atoms with Crippen molar-refractivity contribution in [1.29, 1.82) is 0 Å². The van der Waals surface area contributed by atoms with Crippen LogP contribution in [-0.2, 0) is 9.59 Å². The molecule has 10 nitrogen and oxygen atoms in total. The van der Waals surface area contributed by atoms with Crippen molar-refractivity contribution in [1.82, 2.24) is 14.9 Å². The normalized spacial score (nSPS) is 13.2. The van der Waals surface area contributed by atoms with Gasteiger partial charge in [0.25, 0.3) is 0 Å². The Morgan fingerprint density at radius 2 is 1.82 bits per heavy atom. The Hall–Kier alpha value is -4.74. The van der Waals surface area contributed by atoms with Crippen LogP contribution >= 0.6 is 0 Å². The molecule has 0 saturated carbocycles. The number of anilines is 6. The predicted octanol–water partition coefficient (Wildman–Crippen LogP) is 4.67. The van der Waals surface area contributed by atoms with Gasteiger partial charge in [0.15, 0.2) is 5.75 Å². The molecule has 1 fully saturated rings. The minimum atomic E-state index is -3.03. The van der Waals surface area contributed by atoms with Crippen molar-refractivity contribution in [2.45, 2.75) is 20.5 Å². The van der Waals surface area contributed by atoms with Crippen LogP contribution in [0.4, 0.5) is 43.3 Å². The van der Waals surface area contributed by atoms with Crippen LogP contribution in [0, 0.1) is 6.92 Å². The van der Waals surface area contributed by atoms with Gasteiger partial charge in [0, 0.05) is 68.0 Å². The topological polar surface area (TPSA) is 112 Å². The van der Waals surface area contributed by atoms with Crippen molar-refractivity contribution < 1.29 is 23.1 Å². The lowest BCUT2D eigenvalue weighted by atomic mass is 10.2. The first-order valence-electron chi connectivity index (χ1n) is 12.2. The summed E-state index contributed by atoms with van der Waals surface area (Å²) < 4.78 is 31.3. The molecule has 0 atom stereocenters. The van der Waals surface area contributed by atoms with Gasteiger partial charge in [-0.25, -0.2) is 4.98 Å². The average molecular weight is 538 g/mol. The van der Waals surface area contributed by atoms with Crippen LogP contribution in [0.5, 0.6) is 5.75 Å². The van der Waals surface area contributed by atoms with Crippen molar-refractivity contribution in [3.63, 3.8) is 0 Å². The molecule has 1 aliphatic heterocycles. The van der Waals surface area contributed by atoms with Gasteiger partial charge >= 0.3 is 6.61 Å². The van der Waals surface area contributed by atoms with Crippen molar-refractivity contribution in [3.8, 4) is 5.75 Å². The third kappa shape index (κ3) is 7.18. The van der Waals surface area contributed by atoms with Crippen LogP contribution < -0.4 is 25.6 Å². The van der Waals surface area contributed by atoms with E-state index in [4.69, 9.17) is 4.74 Å². The fraction of sp³-hybridized carbons (Fsp3) is 0.259. The van der Waals surface area contributed by atoms with E-state index in [1.807, 2.05) is 17.9 Å². The molecule has 1 aliphatic rings. The molecule has 12 heteroatoms. The highest BCUT2D eigenvalue weighted by molar-refractivity contribution is 5.99. The minimum absolute atomic E-state index is 0.00930. The molecule has 1 saturated heterocycles. The monoisotopic (exact) mass is 537 g/mol. The van der Waals surface area contributed by atoms with Gasteiger partial charge in [-0.05, 0) is 43.3 Å². The molecule has 3 aromatic rings. The highest BCUT2D eigenvalue weighted by Crippen LogP contribution is 2.34. The summed E-state index contributed by atoms with van der Waals surface area (Å²) in [4.78, 5) is 35.8. The fourth-order valence-electron chi connectivity index (χ4n) is 4.04. The van der Waals surface area contributed by atoms with Crippen LogP contribution in [0.2, 0.25) is 0 Å². The number of halogens is 2. The summed E-state index contributed by atoms with van der Waals surface area (Å²) in [5, 5.41) is 8.85. The summed E-state index contributed by atoms with van der Waals surface area (Å²) in [5.74, 6) is 0.274. The van der Waals surface area contributed by atoms with E-state index in [-0.39, 0.29) is 29.2 Å². The Kier molecular flexibility index (Phi) is 8.54. The summed E-state index contributed by atoms with van der Waals surface area (Å²) in [6.45, 7) is 6.03. The van der Waals surface area contributed by atoms with Gasteiger partial charge in [0.1, 0.15) is 5.82 Å². The highest BCUT2D eigenvalue weighted by Gasteiger charge is 2.21. The van der Waals surface area contributed by atoms with Crippen LogP contribution in [0.1, 0.15) is 12.5 Å². The highest BCUT2D eigenvalue weighted by atomic mass is 19.3. The summed E-state index contributed by atoms with van der Waals surface area (Å²) in [7, 11) is 0. The molecule has 0 unspecified atom stereocenters. The number of aromatic nitrogens is 2. The zero-order valence-electron chi connectivity index (χ0n) is 21.6. The maximum absolute atomic E-state index is 13.3. The van der Waals surface area contributed by atoms with Gasteiger partial charge in [-0.1, -0.05) is 12.6 Å². The number of alkyl halides is 2. The second-order valence-electron chi connectivity index (χ2n) is 8.80. The second-order valence-corrected chi connectivity index (χ2v) is 8.80. The van der Waals surface area contributed by atoms with E-state index >= 15 is 0 Å². The maximum Gasteiger partial charge on any atom is 0.387 e. The fourth-order valence-corrected chi connectivity index (χ4v) is 4.04. The van der Waals surface area contributed by atoms with Crippen LogP contribution in [0.15, 0.2) is 61.3 Å². The molecule has 2 amide bonds. The lowest BCUT2D eigenvalue weighted by Gasteiger charge is -2.35. The number of hydrogen-bond donors (Lipinski definition) is 3. The number of ether oxygens (including phenoxy) is 1. The Morgan fingerprint density at radius 3 is 2.51 bits per heavy atom. The minimum Gasteiger partial charge on any atom is -0.433 e.